The standard InChI is InChI=1S/C18H19ClN2O4/c1-2-20(10-11-22)18(25)16(21-9-4-3-8-15(21)23)17(24)13-6-5-7-14(19)12-13/h3-9,12,16,22H,2,10-11H2,1H3. The first-order valence-electron chi connectivity index (χ1n) is 7.86. The number of pyridine rings is 1. The molecule has 0 aliphatic rings. The van der Waals surface area contributed by atoms with Crippen molar-refractivity contribution in [3.63, 3.8) is 0 Å². The first-order chi connectivity index (χ1) is 12.0. The summed E-state index contributed by atoms with van der Waals surface area (Å²) in [5.41, 5.74) is -0.224. The molecule has 7 heteroatoms. The van der Waals surface area contributed by atoms with Crippen molar-refractivity contribution in [1.82, 2.24) is 9.47 Å². The Morgan fingerprint density at radius 3 is 2.60 bits per heavy atom. The average molecular weight is 363 g/mol. The van der Waals surface area contributed by atoms with Crippen molar-refractivity contribution in [3.05, 3.63) is 69.6 Å². The number of likely N-dealkylation sites (N-methyl/N-ethyl adjacent to an activating group) is 1. The van der Waals surface area contributed by atoms with Crippen LogP contribution >= 0.6 is 11.6 Å². The van der Waals surface area contributed by atoms with E-state index in [9.17, 15) is 14.4 Å². The van der Waals surface area contributed by atoms with Gasteiger partial charge in [-0.05, 0) is 25.1 Å². The zero-order valence-electron chi connectivity index (χ0n) is 13.8. The minimum Gasteiger partial charge on any atom is -0.395 e. The summed E-state index contributed by atoms with van der Waals surface area (Å²) in [6, 6.07) is 9.28. The molecule has 0 saturated heterocycles. The van der Waals surface area contributed by atoms with Crippen LogP contribution in [0.5, 0.6) is 0 Å². The Kier molecular flexibility index (Phi) is 6.50. The van der Waals surface area contributed by atoms with Gasteiger partial charge in [-0.15, -0.1) is 0 Å². The Bertz CT molecular complexity index is 818. The molecule has 2 rings (SSSR count). The van der Waals surface area contributed by atoms with E-state index in [1.807, 2.05) is 0 Å². The zero-order valence-corrected chi connectivity index (χ0v) is 14.5. The molecule has 1 aromatic heterocycles. The van der Waals surface area contributed by atoms with Crippen LogP contribution in [0.1, 0.15) is 23.3 Å². The van der Waals surface area contributed by atoms with Crippen LogP contribution in [0, 0.1) is 0 Å². The predicted molar refractivity (Wildman–Crippen MR) is 94.9 cm³/mol. The smallest absolute Gasteiger partial charge is 0.253 e. The lowest BCUT2D eigenvalue weighted by Gasteiger charge is -2.26. The molecule has 2 aromatic rings. The monoisotopic (exact) mass is 362 g/mol. The summed E-state index contributed by atoms with van der Waals surface area (Å²) in [6.45, 7) is 1.89. The maximum Gasteiger partial charge on any atom is 0.253 e. The van der Waals surface area contributed by atoms with Gasteiger partial charge < -0.3 is 10.0 Å². The molecule has 25 heavy (non-hydrogen) atoms. The maximum atomic E-state index is 13.0. The molecular formula is C18H19ClN2O4. The predicted octanol–water partition coefficient (Wildman–Crippen LogP) is 1.77. The van der Waals surface area contributed by atoms with E-state index in [-0.39, 0.29) is 18.7 Å². The number of hydrogen-bond donors (Lipinski definition) is 1. The van der Waals surface area contributed by atoms with Gasteiger partial charge in [0.05, 0.1) is 6.61 Å². The fraction of sp³-hybridized carbons (Fsp3) is 0.278. The number of amides is 1. The van der Waals surface area contributed by atoms with Crippen LogP contribution in [0.4, 0.5) is 0 Å². The second-order valence-corrected chi connectivity index (χ2v) is 5.80. The summed E-state index contributed by atoms with van der Waals surface area (Å²) < 4.78 is 1.10. The highest BCUT2D eigenvalue weighted by Crippen LogP contribution is 2.19. The van der Waals surface area contributed by atoms with Crippen molar-refractivity contribution in [2.75, 3.05) is 19.7 Å². The molecule has 1 heterocycles. The number of aliphatic hydroxyl groups is 1. The number of Topliss-reactive ketones (excluding diaryl/α,β-unsaturated/α-hetero) is 1. The van der Waals surface area contributed by atoms with Gasteiger partial charge in [0.1, 0.15) is 0 Å². The van der Waals surface area contributed by atoms with Crippen LogP contribution in [-0.4, -0.2) is 46.0 Å². The van der Waals surface area contributed by atoms with Crippen molar-refractivity contribution in [1.29, 1.82) is 0 Å². The highest BCUT2D eigenvalue weighted by molar-refractivity contribution is 6.31. The molecule has 1 amide bonds. The summed E-state index contributed by atoms with van der Waals surface area (Å²) >= 11 is 5.94. The van der Waals surface area contributed by atoms with Gasteiger partial charge in [0.25, 0.3) is 11.5 Å². The zero-order chi connectivity index (χ0) is 18.4. The first kappa shape index (κ1) is 18.9. The molecule has 0 bridgehead atoms. The van der Waals surface area contributed by atoms with E-state index in [1.54, 1.807) is 31.2 Å². The van der Waals surface area contributed by atoms with Gasteiger partial charge in [0.2, 0.25) is 0 Å². The van der Waals surface area contributed by atoms with Gasteiger partial charge in [-0.3, -0.25) is 19.0 Å². The maximum absolute atomic E-state index is 13.0. The van der Waals surface area contributed by atoms with Crippen LogP contribution in [-0.2, 0) is 4.79 Å². The van der Waals surface area contributed by atoms with Gasteiger partial charge in [0, 0.05) is 35.9 Å². The Morgan fingerprint density at radius 1 is 1.24 bits per heavy atom. The minimum atomic E-state index is -1.35. The van der Waals surface area contributed by atoms with Crippen LogP contribution in [0.2, 0.25) is 5.02 Å². The Balaban J connectivity index is 2.53. The van der Waals surface area contributed by atoms with E-state index in [0.717, 1.165) is 4.57 Å². The number of rotatable bonds is 7. The van der Waals surface area contributed by atoms with Crippen LogP contribution in [0.15, 0.2) is 53.5 Å². The van der Waals surface area contributed by atoms with Gasteiger partial charge in [0.15, 0.2) is 11.8 Å². The molecule has 0 saturated carbocycles. The lowest BCUT2D eigenvalue weighted by Crippen LogP contribution is -2.44. The molecule has 0 aliphatic carbocycles. The summed E-state index contributed by atoms with van der Waals surface area (Å²) in [5.74, 6) is -1.08. The third-order valence-corrected chi connectivity index (χ3v) is 4.02. The Labute approximate surface area is 150 Å². The van der Waals surface area contributed by atoms with Crippen LogP contribution in [0.25, 0.3) is 0 Å². The average Bonchev–Trinajstić information content (AvgIpc) is 2.61. The van der Waals surface area contributed by atoms with E-state index in [2.05, 4.69) is 0 Å². The van der Waals surface area contributed by atoms with Gasteiger partial charge in [-0.1, -0.05) is 29.8 Å². The second kappa shape index (κ2) is 8.60. The summed E-state index contributed by atoms with van der Waals surface area (Å²) in [7, 11) is 0. The number of benzene rings is 1. The minimum absolute atomic E-state index is 0.0796. The normalized spacial score (nSPS) is 11.8. The molecule has 1 unspecified atom stereocenters. The molecule has 1 atom stereocenters. The lowest BCUT2D eigenvalue weighted by atomic mass is 10.0. The van der Waals surface area contributed by atoms with Crippen LogP contribution in [0.3, 0.4) is 0 Å². The van der Waals surface area contributed by atoms with Gasteiger partial charge in [-0.2, -0.15) is 0 Å². The van der Waals surface area contributed by atoms with Crippen molar-refractivity contribution in [3.8, 4) is 0 Å². The van der Waals surface area contributed by atoms with E-state index >= 15 is 0 Å². The summed E-state index contributed by atoms with van der Waals surface area (Å²) in [6.07, 6.45) is 1.40. The first-order valence-corrected chi connectivity index (χ1v) is 8.24. The van der Waals surface area contributed by atoms with E-state index in [0.29, 0.717) is 11.6 Å². The van der Waals surface area contributed by atoms with Crippen molar-refractivity contribution in [2.24, 2.45) is 0 Å². The second-order valence-electron chi connectivity index (χ2n) is 5.36. The SMILES string of the molecule is CCN(CCO)C(=O)C(C(=O)c1cccc(Cl)c1)n1ccccc1=O. The number of carbonyl (C=O) groups excluding carboxylic acids is 2. The number of halogens is 1. The molecule has 6 nitrogen and oxygen atoms in total. The molecule has 0 fully saturated rings. The number of hydrogen-bond acceptors (Lipinski definition) is 4. The largest absolute Gasteiger partial charge is 0.395 e. The van der Waals surface area contributed by atoms with Gasteiger partial charge in [-0.25, -0.2) is 0 Å². The Hall–Kier alpha value is -2.44. The van der Waals surface area contributed by atoms with Crippen molar-refractivity contribution < 1.29 is 14.7 Å². The summed E-state index contributed by atoms with van der Waals surface area (Å²) in [5, 5.41) is 9.51. The third kappa shape index (κ3) is 4.35. The Morgan fingerprint density at radius 2 is 2.00 bits per heavy atom. The quantitative estimate of drug-likeness (QED) is 0.601. The number of aromatic nitrogens is 1. The van der Waals surface area contributed by atoms with Crippen LogP contribution < -0.4 is 5.56 Å². The van der Waals surface area contributed by atoms with Crippen molar-refractivity contribution in [2.45, 2.75) is 13.0 Å². The van der Waals surface area contributed by atoms with Gasteiger partial charge >= 0.3 is 0 Å². The number of ketones is 1. The number of aliphatic hydroxyl groups excluding tert-OH is 1. The topological polar surface area (TPSA) is 79.6 Å². The molecule has 0 spiro atoms. The van der Waals surface area contributed by atoms with E-state index in [1.165, 1.54) is 29.3 Å². The molecule has 0 aliphatic heterocycles. The summed E-state index contributed by atoms with van der Waals surface area (Å²) in [4.78, 5) is 39.4. The lowest BCUT2D eigenvalue weighted by molar-refractivity contribution is -0.133. The van der Waals surface area contributed by atoms with E-state index < -0.39 is 23.3 Å². The fourth-order valence-electron chi connectivity index (χ4n) is 2.53. The molecular weight excluding hydrogens is 344 g/mol. The van der Waals surface area contributed by atoms with Crippen molar-refractivity contribution >= 4 is 23.3 Å². The number of nitrogens with zero attached hydrogens (tertiary/aromatic N) is 2. The number of carbonyl (C=O) groups is 2. The molecule has 0 radical (unpaired) electrons. The van der Waals surface area contributed by atoms with E-state index in [4.69, 9.17) is 16.7 Å². The highest BCUT2D eigenvalue weighted by atomic mass is 35.5. The molecule has 132 valence electrons. The third-order valence-electron chi connectivity index (χ3n) is 3.78. The molecule has 1 aromatic carbocycles. The fourth-order valence-corrected chi connectivity index (χ4v) is 2.72. The molecule has 1 N–H and O–H groups in total. The highest BCUT2D eigenvalue weighted by Gasteiger charge is 2.33.